The summed E-state index contributed by atoms with van der Waals surface area (Å²) in [4.78, 5) is 42.7. The molecule has 2 aromatic rings. The lowest BCUT2D eigenvalue weighted by molar-refractivity contribution is -0.137. The van der Waals surface area contributed by atoms with E-state index in [9.17, 15) is 14.4 Å². The van der Waals surface area contributed by atoms with Gasteiger partial charge >= 0.3 is 6.03 Å². The summed E-state index contributed by atoms with van der Waals surface area (Å²) in [7, 11) is 0. The number of carbonyl (C=O) groups is 3. The van der Waals surface area contributed by atoms with Crippen molar-refractivity contribution in [2.45, 2.75) is 64.1 Å². The number of rotatable bonds is 3. The van der Waals surface area contributed by atoms with Gasteiger partial charge < -0.3 is 10.2 Å². The van der Waals surface area contributed by atoms with Crippen LogP contribution in [0.15, 0.2) is 42.5 Å². The molecule has 2 aliphatic heterocycles. The van der Waals surface area contributed by atoms with Crippen LogP contribution >= 0.6 is 0 Å². The maximum Gasteiger partial charge on any atom is 0.326 e. The summed E-state index contributed by atoms with van der Waals surface area (Å²) in [6, 6.07) is 12.4. The van der Waals surface area contributed by atoms with Crippen LogP contribution in [0, 0.1) is 0 Å². The van der Waals surface area contributed by atoms with Crippen LogP contribution in [-0.4, -0.2) is 34.8 Å². The Morgan fingerprint density at radius 2 is 1.84 bits per heavy atom. The quantitative estimate of drug-likeness (QED) is 0.779. The number of para-hydroxylation sites is 1. The molecule has 2 heterocycles. The third kappa shape index (κ3) is 2.88. The average molecular weight is 418 g/mol. The molecule has 3 atom stereocenters. The smallest absolute Gasteiger partial charge is 0.319 e. The van der Waals surface area contributed by atoms with Crippen LogP contribution in [0.5, 0.6) is 0 Å². The molecule has 1 fully saturated rings. The largest absolute Gasteiger partial charge is 0.326 e. The molecule has 4 amide bonds. The first kappa shape index (κ1) is 19.8. The lowest BCUT2D eigenvalue weighted by Gasteiger charge is -2.30. The second kappa shape index (κ2) is 6.94. The van der Waals surface area contributed by atoms with Crippen LogP contribution < -0.4 is 10.2 Å². The van der Waals surface area contributed by atoms with Gasteiger partial charge in [0.15, 0.2) is 0 Å². The van der Waals surface area contributed by atoms with Crippen LogP contribution in [0.3, 0.4) is 0 Å². The van der Waals surface area contributed by atoms with Gasteiger partial charge in [-0.3, -0.25) is 9.59 Å². The van der Waals surface area contributed by atoms with Crippen molar-refractivity contribution in [3.63, 3.8) is 0 Å². The zero-order valence-electron chi connectivity index (χ0n) is 18.1. The minimum atomic E-state index is -1.17. The Bertz CT molecular complexity index is 1110. The maximum atomic E-state index is 13.5. The van der Waals surface area contributed by atoms with Gasteiger partial charge in [-0.1, -0.05) is 36.4 Å². The highest BCUT2D eigenvalue weighted by Gasteiger charge is 2.53. The van der Waals surface area contributed by atoms with E-state index < -0.39 is 17.6 Å². The molecule has 6 heteroatoms. The minimum absolute atomic E-state index is 0.0174. The Morgan fingerprint density at radius 3 is 2.65 bits per heavy atom. The Balaban J connectivity index is 1.44. The molecule has 0 bridgehead atoms. The van der Waals surface area contributed by atoms with Gasteiger partial charge in [0.1, 0.15) is 11.6 Å². The van der Waals surface area contributed by atoms with Crippen LogP contribution in [0.2, 0.25) is 0 Å². The lowest BCUT2D eigenvalue weighted by atomic mass is 9.89. The first-order chi connectivity index (χ1) is 14.8. The Kier molecular flexibility index (Phi) is 4.43. The van der Waals surface area contributed by atoms with Crippen LogP contribution in [0.25, 0.3) is 0 Å². The Labute approximate surface area is 182 Å². The van der Waals surface area contributed by atoms with Crippen molar-refractivity contribution in [3.05, 3.63) is 64.7 Å². The summed E-state index contributed by atoms with van der Waals surface area (Å²) in [5.74, 6) is -0.615. The highest BCUT2D eigenvalue weighted by Crippen LogP contribution is 2.36. The van der Waals surface area contributed by atoms with Crippen molar-refractivity contribution >= 4 is 23.5 Å². The summed E-state index contributed by atoms with van der Waals surface area (Å²) in [5, 5.41) is 2.86. The molecule has 6 nitrogen and oxygen atoms in total. The normalized spacial score (nSPS) is 25.5. The average Bonchev–Trinajstić information content (AvgIpc) is 3.41. The molecule has 160 valence electrons. The molecule has 0 radical (unpaired) electrons. The number of anilines is 1. The minimum Gasteiger partial charge on any atom is -0.319 e. The molecule has 5 rings (SSSR count). The van der Waals surface area contributed by atoms with Crippen molar-refractivity contribution in [1.29, 1.82) is 0 Å². The fourth-order valence-corrected chi connectivity index (χ4v) is 5.30. The summed E-state index contributed by atoms with van der Waals surface area (Å²) in [5.41, 5.74) is 4.12. The van der Waals surface area contributed by atoms with Crippen molar-refractivity contribution in [3.8, 4) is 0 Å². The van der Waals surface area contributed by atoms with E-state index in [0.29, 0.717) is 0 Å². The molecule has 0 aromatic heterocycles. The molecule has 1 saturated heterocycles. The van der Waals surface area contributed by atoms with Gasteiger partial charge in [0, 0.05) is 11.7 Å². The molecule has 0 unspecified atom stereocenters. The highest BCUT2D eigenvalue weighted by atomic mass is 16.2. The van der Waals surface area contributed by atoms with E-state index in [0.717, 1.165) is 47.4 Å². The van der Waals surface area contributed by atoms with Gasteiger partial charge in [-0.05, 0) is 74.8 Å². The molecule has 0 saturated carbocycles. The second-order valence-electron chi connectivity index (χ2n) is 9.13. The first-order valence-corrected chi connectivity index (χ1v) is 11.0. The number of imide groups is 1. The number of nitrogens with one attached hydrogen (secondary N) is 1. The third-order valence-corrected chi connectivity index (χ3v) is 7.09. The van der Waals surface area contributed by atoms with Gasteiger partial charge in [-0.25, -0.2) is 9.69 Å². The van der Waals surface area contributed by atoms with E-state index >= 15 is 0 Å². The summed E-state index contributed by atoms with van der Waals surface area (Å²) < 4.78 is 0. The van der Waals surface area contributed by atoms with E-state index in [-0.39, 0.29) is 17.9 Å². The number of aryl methyl sites for hydroxylation is 2. The molecule has 1 N–H and O–H groups in total. The van der Waals surface area contributed by atoms with E-state index in [1.54, 1.807) is 18.7 Å². The highest BCUT2D eigenvalue weighted by molar-refractivity contribution is 6.12. The van der Waals surface area contributed by atoms with Crippen molar-refractivity contribution in [1.82, 2.24) is 10.2 Å². The number of hydrogen-bond acceptors (Lipinski definition) is 3. The SMILES string of the molecule is C[C@@H](C(=O)N1c2ccccc2C[C@@H]1C)N1C(=O)N[C@](C)(c2ccc3c(c2)CCC3)C1=O. The van der Waals surface area contributed by atoms with Gasteiger partial charge in [0.2, 0.25) is 5.91 Å². The van der Waals surface area contributed by atoms with E-state index in [2.05, 4.69) is 11.4 Å². The zero-order valence-corrected chi connectivity index (χ0v) is 18.1. The Morgan fingerprint density at radius 1 is 1.10 bits per heavy atom. The van der Waals surface area contributed by atoms with E-state index in [1.165, 1.54) is 11.1 Å². The lowest BCUT2D eigenvalue weighted by Crippen LogP contribution is -2.52. The number of benzene rings is 2. The Hall–Kier alpha value is -3.15. The van der Waals surface area contributed by atoms with Crippen LogP contribution in [0.1, 0.15) is 49.4 Å². The van der Waals surface area contributed by atoms with Crippen molar-refractivity contribution in [2.75, 3.05) is 4.90 Å². The molecular weight excluding hydrogens is 390 g/mol. The zero-order chi connectivity index (χ0) is 21.9. The predicted molar refractivity (Wildman–Crippen MR) is 118 cm³/mol. The number of carbonyl (C=O) groups excluding carboxylic acids is 3. The van der Waals surface area contributed by atoms with Gasteiger partial charge in [0.25, 0.3) is 5.91 Å². The first-order valence-electron chi connectivity index (χ1n) is 11.0. The number of urea groups is 1. The molecule has 2 aromatic carbocycles. The van der Waals surface area contributed by atoms with Crippen LogP contribution in [0.4, 0.5) is 10.5 Å². The second-order valence-corrected chi connectivity index (χ2v) is 9.13. The molecule has 3 aliphatic rings. The fraction of sp³-hybridized carbons (Fsp3) is 0.400. The monoisotopic (exact) mass is 417 g/mol. The van der Waals surface area contributed by atoms with Crippen molar-refractivity contribution < 1.29 is 14.4 Å². The summed E-state index contributed by atoms with van der Waals surface area (Å²) in [6.45, 7) is 5.36. The number of fused-ring (bicyclic) bond motifs is 2. The maximum absolute atomic E-state index is 13.5. The molecule has 0 spiro atoms. The summed E-state index contributed by atoms with van der Waals surface area (Å²) >= 11 is 0. The number of amides is 4. The number of nitrogens with zero attached hydrogens (tertiary/aromatic N) is 2. The van der Waals surface area contributed by atoms with Gasteiger partial charge in [0.05, 0.1) is 0 Å². The molecular formula is C25H27N3O3. The summed E-state index contributed by atoms with van der Waals surface area (Å²) in [6.07, 6.45) is 3.93. The number of hydrogen-bond donors (Lipinski definition) is 1. The van der Waals surface area contributed by atoms with E-state index in [4.69, 9.17) is 0 Å². The third-order valence-electron chi connectivity index (χ3n) is 7.09. The van der Waals surface area contributed by atoms with Crippen molar-refractivity contribution in [2.24, 2.45) is 0 Å². The van der Waals surface area contributed by atoms with Crippen LogP contribution in [-0.2, 0) is 34.4 Å². The van der Waals surface area contributed by atoms with Gasteiger partial charge in [-0.15, -0.1) is 0 Å². The molecule has 31 heavy (non-hydrogen) atoms. The molecule has 1 aliphatic carbocycles. The topological polar surface area (TPSA) is 69.7 Å². The fourth-order valence-electron chi connectivity index (χ4n) is 5.30. The predicted octanol–water partition coefficient (Wildman–Crippen LogP) is 3.31. The van der Waals surface area contributed by atoms with Gasteiger partial charge in [-0.2, -0.15) is 0 Å². The van der Waals surface area contributed by atoms with E-state index in [1.807, 2.05) is 43.3 Å². The standard InChI is InChI=1S/C25H27N3O3/c1-15-13-19-7-4-5-10-21(19)27(15)22(29)16(2)28-23(30)25(3,26-24(28)31)20-12-11-17-8-6-9-18(17)14-20/h4-5,7,10-12,14-16H,6,8-9,13H2,1-3H3,(H,26,31)/t15-,16-,25+/m0/s1.